The van der Waals surface area contributed by atoms with Crippen molar-refractivity contribution in [3.8, 4) is 5.75 Å². The third kappa shape index (κ3) is 4.85. The molecule has 144 valence electrons. The quantitative estimate of drug-likeness (QED) is 0.816. The minimum Gasteiger partial charge on any atom is -0.484 e. The van der Waals surface area contributed by atoms with Gasteiger partial charge in [0.2, 0.25) is 10.0 Å². The third-order valence-electron chi connectivity index (χ3n) is 4.17. The number of nitrogens with zero attached hydrogens (tertiary/aromatic N) is 1. The van der Waals surface area contributed by atoms with Crippen molar-refractivity contribution in [1.82, 2.24) is 4.31 Å². The average molecular weight is 390 g/mol. The number of rotatable bonds is 6. The Balaban J connectivity index is 1.70. The van der Waals surface area contributed by atoms with E-state index >= 15 is 0 Å². The van der Waals surface area contributed by atoms with E-state index in [4.69, 9.17) is 9.47 Å². The average Bonchev–Trinajstić information content (AvgIpc) is 2.69. The van der Waals surface area contributed by atoms with Crippen molar-refractivity contribution < 1.29 is 22.7 Å². The maximum Gasteiger partial charge on any atom is 0.262 e. The van der Waals surface area contributed by atoms with E-state index in [0.29, 0.717) is 43.3 Å². The molecule has 1 saturated heterocycles. The van der Waals surface area contributed by atoms with Gasteiger partial charge in [-0.1, -0.05) is 24.3 Å². The summed E-state index contributed by atoms with van der Waals surface area (Å²) in [7, 11) is -3.64. The van der Waals surface area contributed by atoms with E-state index in [2.05, 4.69) is 5.32 Å². The van der Waals surface area contributed by atoms with Gasteiger partial charge < -0.3 is 14.8 Å². The van der Waals surface area contributed by atoms with Crippen LogP contribution in [0.5, 0.6) is 5.75 Å². The van der Waals surface area contributed by atoms with Gasteiger partial charge in [0.25, 0.3) is 5.91 Å². The van der Waals surface area contributed by atoms with Crippen LogP contribution >= 0.6 is 0 Å². The Labute approximate surface area is 158 Å². The third-order valence-corrected chi connectivity index (χ3v) is 6.21. The molecule has 0 unspecified atom stereocenters. The largest absolute Gasteiger partial charge is 0.484 e. The predicted molar refractivity (Wildman–Crippen MR) is 101 cm³/mol. The number of anilines is 1. The molecular weight excluding hydrogens is 368 g/mol. The monoisotopic (exact) mass is 390 g/mol. The Hall–Kier alpha value is -2.42. The van der Waals surface area contributed by atoms with Crippen LogP contribution in [0.2, 0.25) is 0 Å². The standard InChI is InChI=1S/C19H22N2O5S/c1-15-7-8-16(20-19(22)14-26-17-5-3-2-4-6-17)13-18(15)27(23,24)21-9-11-25-12-10-21/h2-8,13H,9-12,14H2,1H3,(H,20,22). The second kappa shape index (κ2) is 8.51. The summed E-state index contributed by atoms with van der Waals surface area (Å²) in [4.78, 5) is 12.3. The maximum atomic E-state index is 12.9. The van der Waals surface area contributed by atoms with Crippen LogP contribution in [0.3, 0.4) is 0 Å². The number of morpholine rings is 1. The lowest BCUT2D eigenvalue weighted by atomic mass is 10.2. The van der Waals surface area contributed by atoms with E-state index in [-0.39, 0.29) is 17.4 Å². The lowest BCUT2D eigenvalue weighted by Crippen LogP contribution is -2.40. The first kappa shape index (κ1) is 19.3. The molecule has 0 bridgehead atoms. The van der Waals surface area contributed by atoms with Crippen molar-refractivity contribution in [2.45, 2.75) is 11.8 Å². The van der Waals surface area contributed by atoms with E-state index in [0.717, 1.165) is 0 Å². The molecule has 1 heterocycles. The number of carbonyl (C=O) groups excluding carboxylic acids is 1. The number of sulfonamides is 1. The molecule has 0 atom stereocenters. The van der Waals surface area contributed by atoms with E-state index in [1.165, 1.54) is 10.4 Å². The molecule has 1 fully saturated rings. The van der Waals surface area contributed by atoms with Crippen LogP contribution in [0.15, 0.2) is 53.4 Å². The van der Waals surface area contributed by atoms with Crippen molar-refractivity contribution in [3.63, 3.8) is 0 Å². The predicted octanol–water partition coefficient (Wildman–Crippen LogP) is 2.03. The molecule has 1 aliphatic heterocycles. The Morgan fingerprint density at radius 1 is 1.15 bits per heavy atom. The highest BCUT2D eigenvalue weighted by Crippen LogP contribution is 2.24. The normalized spacial score (nSPS) is 15.3. The Bertz CT molecular complexity index is 894. The molecule has 0 radical (unpaired) electrons. The number of hydrogen-bond acceptors (Lipinski definition) is 5. The molecule has 0 spiro atoms. The SMILES string of the molecule is Cc1ccc(NC(=O)COc2ccccc2)cc1S(=O)(=O)N1CCOCC1. The molecule has 0 aromatic heterocycles. The van der Waals surface area contributed by atoms with Gasteiger partial charge in [-0.2, -0.15) is 4.31 Å². The number of benzene rings is 2. The van der Waals surface area contributed by atoms with Crippen LogP contribution in [-0.2, 0) is 19.6 Å². The fourth-order valence-corrected chi connectivity index (χ4v) is 4.40. The van der Waals surface area contributed by atoms with Gasteiger partial charge in [-0.3, -0.25) is 4.79 Å². The van der Waals surface area contributed by atoms with E-state index in [1.54, 1.807) is 31.2 Å². The first-order chi connectivity index (χ1) is 13.0. The van der Waals surface area contributed by atoms with Crippen molar-refractivity contribution in [2.75, 3.05) is 38.2 Å². The van der Waals surface area contributed by atoms with Crippen molar-refractivity contribution in [3.05, 3.63) is 54.1 Å². The highest BCUT2D eigenvalue weighted by Gasteiger charge is 2.28. The zero-order chi connectivity index (χ0) is 19.3. The summed E-state index contributed by atoms with van der Waals surface area (Å²) in [5.41, 5.74) is 1.04. The Kier molecular flexibility index (Phi) is 6.10. The first-order valence-corrected chi connectivity index (χ1v) is 10.1. The maximum absolute atomic E-state index is 12.9. The number of carbonyl (C=O) groups is 1. The topological polar surface area (TPSA) is 84.9 Å². The molecule has 0 aliphatic carbocycles. The fraction of sp³-hybridized carbons (Fsp3) is 0.316. The van der Waals surface area contributed by atoms with Gasteiger partial charge in [-0.15, -0.1) is 0 Å². The summed E-state index contributed by atoms with van der Waals surface area (Å²) in [6.07, 6.45) is 0. The molecule has 0 saturated carbocycles. The number of amides is 1. The highest BCUT2D eigenvalue weighted by atomic mass is 32.2. The van der Waals surface area contributed by atoms with Crippen LogP contribution in [0, 0.1) is 6.92 Å². The van der Waals surface area contributed by atoms with Gasteiger partial charge in [-0.05, 0) is 36.8 Å². The van der Waals surface area contributed by atoms with E-state index < -0.39 is 10.0 Å². The van der Waals surface area contributed by atoms with Crippen LogP contribution < -0.4 is 10.1 Å². The summed E-state index contributed by atoms with van der Waals surface area (Å²) in [5.74, 6) is 0.226. The van der Waals surface area contributed by atoms with Crippen LogP contribution in [0.25, 0.3) is 0 Å². The highest BCUT2D eigenvalue weighted by molar-refractivity contribution is 7.89. The summed E-state index contributed by atoms with van der Waals surface area (Å²) < 4.78 is 37.8. The smallest absolute Gasteiger partial charge is 0.262 e. The molecule has 1 aliphatic rings. The van der Waals surface area contributed by atoms with Crippen LogP contribution in [0.4, 0.5) is 5.69 Å². The van der Waals surface area contributed by atoms with Gasteiger partial charge in [0.15, 0.2) is 6.61 Å². The molecule has 2 aromatic carbocycles. The lowest BCUT2D eigenvalue weighted by molar-refractivity contribution is -0.118. The fourth-order valence-electron chi connectivity index (χ4n) is 2.74. The second-order valence-corrected chi connectivity index (χ2v) is 8.05. The number of nitrogens with one attached hydrogen (secondary N) is 1. The zero-order valence-corrected chi connectivity index (χ0v) is 15.9. The first-order valence-electron chi connectivity index (χ1n) is 8.63. The van der Waals surface area contributed by atoms with E-state index in [9.17, 15) is 13.2 Å². The van der Waals surface area contributed by atoms with Gasteiger partial charge in [0, 0.05) is 18.8 Å². The molecule has 27 heavy (non-hydrogen) atoms. The van der Waals surface area contributed by atoms with Gasteiger partial charge in [-0.25, -0.2) is 8.42 Å². The molecule has 8 heteroatoms. The van der Waals surface area contributed by atoms with Crippen LogP contribution in [0.1, 0.15) is 5.56 Å². The van der Waals surface area contributed by atoms with Crippen molar-refractivity contribution in [1.29, 1.82) is 0 Å². The summed E-state index contributed by atoms with van der Waals surface area (Å²) >= 11 is 0. The van der Waals surface area contributed by atoms with Crippen molar-refractivity contribution in [2.24, 2.45) is 0 Å². The number of para-hydroxylation sites is 1. The molecule has 7 nitrogen and oxygen atoms in total. The van der Waals surface area contributed by atoms with E-state index in [1.807, 2.05) is 18.2 Å². The minimum absolute atomic E-state index is 0.163. The minimum atomic E-state index is -3.64. The number of ether oxygens (including phenoxy) is 2. The van der Waals surface area contributed by atoms with Gasteiger partial charge >= 0.3 is 0 Å². The second-order valence-electron chi connectivity index (χ2n) is 6.15. The van der Waals surface area contributed by atoms with Crippen LogP contribution in [-0.4, -0.2) is 51.5 Å². The molecule has 3 rings (SSSR count). The molecular formula is C19H22N2O5S. The number of aryl methyl sites for hydroxylation is 1. The number of hydrogen-bond donors (Lipinski definition) is 1. The lowest BCUT2D eigenvalue weighted by Gasteiger charge is -2.26. The zero-order valence-electron chi connectivity index (χ0n) is 15.1. The Morgan fingerprint density at radius 3 is 2.56 bits per heavy atom. The Morgan fingerprint density at radius 2 is 1.85 bits per heavy atom. The molecule has 1 N–H and O–H groups in total. The van der Waals surface area contributed by atoms with Gasteiger partial charge in [0.1, 0.15) is 5.75 Å². The van der Waals surface area contributed by atoms with Crippen molar-refractivity contribution >= 4 is 21.6 Å². The summed E-state index contributed by atoms with van der Waals surface area (Å²) in [6, 6.07) is 13.8. The summed E-state index contributed by atoms with van der Waals surface area (Å²) in [6.45, 7) is 2.98. The molecule has 1 amide bonds. The summed E-state index contributed by atoms with van der Waals surface area (Å²) in [5, 5.41) is 2.68. The molecule has 2 aromatic rings. The van der Waals surface area contributed by atoms with Gasteiger partial charge in [0.05, 0.1) is 18.1 Å².